The molecule has 3 heteroatoms. The Hall–Kier alpha value is -0.990. The van der Waals surface area contributed by atoms with Crippen molar-refractivity contribution in [1.29, 1.82) is 0 Å². The van der Waals surface area contributed by atoms with Crippen LogP contribution in [0.25, 0.3) is 0 Å². The molecular formula is C10H18N2O. The molecule has 0 aromatic carbocycles. The number of carbonyl (C=O) groups is 1. The number of carbonyl (C=O) groups excluding carboxylic acids is 1. The van der Waals surface area contributed by atoms with Gasteiger partial charge in [0.2, 0.25) is 0 Å². The van der Waals surface area contributed by atoms with Crippen molar-refractivity contribution in [2.75, 3.05) is 27.2 Å². The van der Waals surface area contributed by atoms with Gasteiger partial charge in [0, 0.05) is 27.2 Å². The van der Waals surface area contributed by atoms with E-state index in [9.17, 15) is 4.79 Å². The minimum Gasteiger partial charge on any atom is -0.331 e. The molecule has 74 valence electrons. The lowest BCUT2D eigenvalue weighted by molar-refractivity contribution is 0.174. The first-order valence-electron chi connectivity index (χ1n) is 4.79. The number of hydrogen-bond acceptors (Lipinski definition) is 1. The van der Waals surface area contributed by atoms with E-state index in [1.54, 1.807) is 19.0 Å². The molecule has 1 heterocycles. The van der Waals surface area contributed by atoms with E-state index in [1.165, 1.54) is 5.57 Å². The van der Waals surface area contributed by atoms with Gasteiger partial charge in [0.25, 0.3) is 0 Å². The van der Waals surface area contributed by atoms with Crippen LogP contribution in [-0.4, -0.2) is 43.0 Å². The van der Waals surface area contributed by atoms with E-state index in [4.69, 9.17) is 0 Å². The van der Waals surface area contributed by atoms with Crippen LogP contribution in [0.4, 0.5) is 4.79 Å². The highest BCUT2D eigenvalue weighted by Gasteiger charge is 2.17. The Morgan fingerprint density at radius 2 is 2.31 bits per heavy atom. The molecule has 13 heavy (non-hydrogen) atoms. The second-order valence-electron chi connectivity index (χ2n) is 3.59. The van der Waals surface area contributed by atoms with Crippen LogP contribution in [0, 0.1) is 0 Å². The summed E-state index contributed by atoms with van der Waals surface area (Å²) in [5.41, 5.74) is 1.47. The first kappa shape index (κ1) is 10.1. The summed E-state index contributed by atoms with van der Waals surface area (Å²) >= 11 is 0. The van der Waals surface area contributed by atoms with Gasteiger partial charge in [-0.1, -0.05) is 18.6 Å². The average molecular weight is 182 g/mol. The highest BCUT2D eigenvalue weighted by atomic mass is 16.2. The van der Waals surface area contributed by atoms with Crippen molar-refractivity contribution in [1.82, 2.24) is 9.80 Å². The Balaban J connectivity index is 2.50. The maximum Gasteiger partial charge on any atom is 0.319 e. The van der Waals surface area contributed by atoms with Gasteiger partial charge in [0.05, 0.1) is 0 Å². The zero-order chi connectivity index (χ0) is 9.84. The fraction of sp³-hybridized carbons (Fsp3) is 0.700. The van der Waals surface area contributed by atoms with Crippen molar-refractivity contribution < 1.29 is 4.79 Å². The van der Waals surface area contributed by atoms with Gasteiger partial charge in [-0.05, 0) is 12.8 Å². The van der Waals surface area contributed by atoms with E-state index in [0.717, 1.165) is 25.9 Å². The van der Waals surface area contributed by atoms with Crippen molar-refractivity contribution in [2.45, 2.75) is 19.8 Å². The van der Waals surface area contributed by atoms with Gasteiger partial charge >= 0.3 is 6.03 Å². The maximum absolute atomic E-state index is 11.5. The Morgan fingerprint density at radius 1 is 1.62 bits per heavy atom. The van der Waals surface area contributed by atoms with E-state index >= 15 is 0 Å². The zero-order valence-electron chi connectivity index (χ0n) is 8.71. The Morgan fingerprint density at radius 3 is 2.69 bits per heavy atom. The van der Waals surface area contributed by atoms with Crippen molar-refractivity contribution in [2.24, 2.45) is 0 Å². The van der Waals surface area contributed by atoms with Gasteiger partial charge in [-0.3, -0.25) is 0 Å². The monoisotopic (exact) mass is 182 g/mol. The second kappa shape index (κ2) is 4.30. The molecule has 0 aliphatic carbocycles. The summed E-state index contributed by atoms with van der Waals surface area (Å²) in [6.07, 6.45) is 4.32. The molecule has 0 atom stereocenters. The molecule has 0 N–H and O–H groups in total. The summed E-state index contributed by atoms with van der Waals surface area (Å²) in [5.74, 6) is 0. The third-order valence-corrected chi connectivity index (χ3v) is 2.41. The standard InChI is InChI=1S/C10H18N2O/c1-4-9-5-7-12(8-6-9)10(13)11(2)3/h5H,4,6-8H2,1-3H3. The predicted molar refractivity (Wildman–Crippen MR) is 53.6 cm³/mol. The minimum atomic E-state index is 0.117. The van der Waals surface area contributed by atoms with Gasteiger partial charge < -0.3 is 9.80 Å². The van der Waals surface area contributed by atoms with E-state index in [-0.39, 0.29) is 6.03 Å². The molecule has 0 aromatic heterocycles. The van der Waals surface area contributed by atoms with Gasteiger partial charge in [-0.25, -0.2) is 4.79 Å². The number of hydrogen-bond donors (Lipinski definition) is 0. The van der Waals surface area contributed by atoms with E-state index in [1.807, 2.05) is 4.90 Å². The molecule has 0 fully saturated rings. The van der Waals surface area contributed by atoms with Gasteiger partial charge in [-0.15, -0.1) is 0 Å². The summed E-state index contributed by atoms with van der Waals surface area (Å²) in [4.78, 5) is 15.0. The molecule has 1 aliphatic heterocycles. The zero-order valence-corrected chi connectivity index (χ0v) is 8.71. The van der Waals surface area contributed by atoms with Crippen LogP contribution in [0.3, 0.4) is 0 Å². The normalized spacial score (nSPS) is 16.8. The smallest absolute Gasteiger partial charge is 0.319 e. The number of amides is 2. The Labute approximate surface area is 80.0 Å². The predicted octanol–water partition coefficient (Wildman–Crippen LogP) is 1.71. The highest BCUT2D eigenvalue weighted by Crippen LogP contribution is 2.14. The lowest BCUT2D eigenvalue weighted by Crippen LogP contribution is -2.41. The van der Waals surface area contributed by atoms with E-state index in [0.29, 0.717) is 0 Å². The van der Waals surface area contributed by atoms with Crippen molar-refractivity contribution in [3.63, 3.8) is 0 Å². The summed E-state index contributed by atoms with van der Waals surface area (Å²) in [6.45, 7) is 3.81. The van der Waals surface area contributed by atoms with Crippen LogP contribution in [0.15, 0.2) is 11.6 Å². The second-order valence-corrected chi connectivity index (χ2v) is 3.59. The molecule has 0 spiro atoms. The van der Waals surface area contributed by atoms with Crippen molar-refractivity contribution in [3.05, 3.63) is 11.6 Å². The molecule has 0 bridgehead atoms. The van der Waals surface area contributed by atoms with Crippen LogP contribution >= 0.6 is 0 Å². The van der Waals surface area contributed by atoms with Crippen LogP contribution < -0.4 is 0 Å². The van der Waals surface area contributed by atoms with Crippen LogP contribution in [0.2, 0.25) is 0 Å². The van der Waals surface area contributed by atoms with Crippen molar-refractivity contribution >= 4 is 6.03 Å². The SMILES string of the molecule is CCC1=CCN(C(=O)N(C)C)CC1. The topological polar surface area (TPSA) is 23.6 Å². The maximum atomic E-state index is 11.5. The van der Waals surface area contributed by atoms with E-state index < -0.39 is 0 Å². The number of urea groups is 1. The fourth-order valence-electron chi connectivity index (χ4n) is 1.49. The van der Waals surface area contributed by atoms with Gasteiger partial charge in [-0.2, -0.15) is 0 Å². The quantitative estimate of drug-likeness (QED) is 0.566. The van der Waals surface area contributed by atoms with Crippen molar-refractivity contribution in [3.8, 4) is 0 Å². The third kappa shape index (κ3) is 2.47. The van der Waals surface area contributed by atoms with Crippen LogP contribution in [-0.2, 0) is 0 Å². The van der Waals surface area contributed by atoms with Gasteiger partial charge in [0.15, 0.2) is 0 Å². The molecule has 0 aromatic rings. The number of nitrogens with zero attached hydrogens (tertiary/aromatic N) is 2. The first-order valence-corrected chi connectivity index (χ1v) is 4.79. The molecule has 0 radical (unpaired) electrons. The molecular weight excluding hydrogens is 164 g/mol. The number of rotatable bonds is 1. The molecule has 1 aliphatic rings. The summed E-state index contributed by atoms with van der Waals surface area (Å²) < 4.78 is 0. The lowest BCUT2D eigenvalue weighted by Gasteiger charge is -2.28. The molecule has 0 unspecified atom stereocenters. The van der Waals surface area contributed by atoms with E-state index in [2.05, 4.69) is 13.0 Å². The van der Waals surface area contributed by atoms with Crippen LogP contribution in [0.5, 0.6) is 0 Å². The molecule has 3 nitrogen and oxygen atoms in total. The molecule has 0 saturated heterocycles. The Kier molecular flexibility index (Phi) is 3.34. The third-order valence-electron chi connectivity index (χ3n) is 2.41. The highest BCUT2D eigenvalue weighted by molar-refractivity contribution is 5.74. The molecule has 0 saturated carbocycles. The lowest BCUT2D eigenvalue weighted by atomic mass is 10.1. The van der Waals surface area contributed by atoms with Crippen LogP contribution in [0.1, 0.15) is 19.8 Å². The average Bonchev–Trinajstić information content (AvgIpc) is 2.17. The molecule has 2 amide bonds. The fourth-order valence-corrected chi connectivity index (χ4v) is 1.49. The Bertz CT molecular complexity index is 221. The summed E-state index contributed by atoms with van der Waals surface area (Å²) in [5, 5.41) is 0. The minimum absolute atomic E-state index is 0.117. The largest absolute Gasteiger partial charge is 0.331 e. The summed E-state index contributed by atoms with van der Waals surface area (Å²) in [6, 6.07) is 0.117. The summed E-state index contributed by atoms with van der Waals surface area (Å²) in [7, 11) is 3.59. The van der Waals surface area contributed by atoms with Gasteiger partial charge in [0.1, 0.15) is 0 Å². The molecule has 1 rings (SSSR count). The first-order chi connectivity index (χ1) is 6.15.